The number of hydrogen-bond donors (Lipinski definition) is 1. The number of carbonyl (C=O) groups excluding carboxylic acids is 1. The van der Waals surface area contributed by atoms with E-state index in [0.29, 0.717) is 29.1 Å². The summed E-state index contributed by atoms with van der Waals surface area (Å²) in [7, 11) is 2.12. The van der Waals surface area contributed by atoms with E-state index in [1.54, 1.807) is 37.8 Å². The molecule has 1 amide bonds. The lowest BCUT2D eigenvalue weighted by Crippen LogP contribution is -2.31. The molecule has 1 N–H and O–H groups in total. The monoisotopic (exact) mass is 417 g/mol. The minimum absolute atomic E-state index is 0.235. The molecule has 158 valence electrons. The summed E-state index contributed by atoms with van der Waals surface area (Å²) in [5.41, 5.74) is 2.06. The Labute approximate surface area is 179 Å². The van der Waals surface area contributed by atoms with Gasteiger partial charge in [-0.15, -0.1) is 0 Å². The topological polar surface area (TPSA) is 102 Å². The Morgan fingerprint density at radius 1 is 1.10 bits per heavy atom. The number of carbonyl (C=O) groups is 1. The third-order valence-electron chi connectivity index (χ3n) is 5.64. The summed E-state index contributed by atoms with van der Waals surface area (Å²) in [6.07, 6.45) is 10.5. The van der Waals surface area contributed by atoms with E-state index in [4.69, 9.17) is 4.42 Å². The number of likely N-dealkylation sites (tertiary alicyclic amines) is 1. The molecule has 5 rings (SSSR count). The third-order valence-corrected chi connectivity index (χ3v) is 5.64. The van der Waals surface area contributed by atoms with E-state index >= 15 is 0 Å². The first kappa shape index (κ1) is 19.4. The van der Waals surface area contributed by atoms with Crippen LogP contribution in [-0.2, 0) is 0 Å². The van der Waals surface area contributed by atoms with E-state index in [0.717, 1.165) is 42.4 Å². The summed E-state index contributed by atoms with van der Waals surface area (Å²) < 4.78 is 7.49. The van der Waals surface area contributed by atoms with Crippen LogP contribution in [-0.4, -0.2) is 55.7 Å². The van der Waals surface area contributed by atoms with Crippen LogP contribution in [0.2, 0.25) is 0 Å². The lowest BCUT2D eigenvalue weighted by atomic mass is 10.1. The molecule has 4 aromatic rings. The molecule has 1 fully saturated rings. The number of amides is 1. The molecule has 0 aliphatic carbocycles. The number of piperidine rings is 1. The van der Waals surface area contributed by atoms with E-state index in [1.807, 2.05) is 16.9 Å². The van der Waals surface area contributed by atoms with Gasteiger partial charge in [-0.05, 0) is 45.1 Å². The summed E-state index contributed by atoms with van der Waals surface area (Å²) >= 11 is 0. The van der Waals surface area contributed by atoms with E-state index in [1.165, 1.54) is 0 Å². The van der Waals surface area contributed by atoms with Crippen LogP contribution < -0.4 is 5.32 Å². The van der Waals surface area contributed by atoms with Crippen molar-refractivity contribution >= 4 is 22.6 Å². The molecular weight excluding hydrogens is 394 g/mol. The number of aromatic nitrogens is 5. The lowest BCUT2D eigenvalue weighted by molar-refractivity contribution is 0.102. The Hall–Kier alpha value is -3.59. The molecule has 9 heteroatoms. The molecule has 31 heavy (non-hydrogen) atoms. The largest absolute Gasteiger partial charge is 0.441 e. The highest BCUT2D eigenvalue weighted by molar-refractivity contribution is 6.04. The molecule has 0 unspecified atom stereocenters. The summed E-state index contributed by atoms with van der Waals surface area (Å²) in [6, 6.07) is 4.08. The Morgan fingerprint density at radius 3 is 2.71 bits per heavy atom. The zero-order chi connectivity index (χ0) is 21.4. The fourth-order valence-electron chi connectivity index (χ4n) is 3.83. The van der Waals surface area contributed by atoms with Crippen molar-refractivity contribution in [3.8, 4) is 11.3 Å². The maximum Gasteiger partial charge on any atom is 0.260 e. The zero-order valence-corrected chi connectivity index (χ0v) is 17.4. The van der Waals surface area contributed by atoms with Gasteiger partial charge in [-0.3, -0.25) is 14.5 Å². The van der Waals surface area contributed by atoms with Crippen LogP contribution in [0.4, 0.5) is 5.82 Å². The number of aryl methyl sites for hydroxylation is 1. The quantitative estimate of drug-likeness (QED) is 0.543. The summed E-state index contributed by atoms with van der Waals surface area (Å²) in [6.45, 7) is 3.87. The first-order valence-corrected chi connectivity index (χ1v) is 10.3. The highest BCUT2D eigenvalue weighted by atomic mass is 16.4. The molecule has 4 aromatic heterocycles. The molecule has 0 spiro atoms. The second kappa shape index (κ2) is 7.92. The van der Waals surface area contributed by atoms with Gasteiger partial charge in [-0.2, -0.15) is 5.10 Å². The lowest BCUT2D eigenvalue weighted by Gasteiger charge is -2.28. The minimum Gasteiger partial charge on any atom is -0.441 e. The average Bonchev–Trinajstić information content (AvgIpc) is 3.43. The summed E-state index contributed by atoms with van der Waals surface area (Å²) in [4.78, 5) is 27.9. The average molecular weight is 417 g/mol. The third kappa shape index (κ3) is 4.04. The highest BCUT2D eigenvalue weighted by Crippen LogP contribution is 2.25. The van der Waals surface area contributed by atoms with Crippen LogP contribution in [0.3, 0.4) is 0 Å². The van der Waals surface area contributed by atoms with Crippen molar-refractivity contribution in [3.63, 3.8) is 0 Å². The number of oxazole rings is 1. The standard InChI is InChI=1S/C22H23N7O2/c1-14-23-12-20(31-14)16-7-15-8-21(25-11-19(15)24-9-16)27-22(30)17-10-26-29(13-17)18-3-5-28(2)6-4-18/h7-13,18H,3-6H2,1-2H3,(H,25,27,30). The van der Waals surface area contributed by atoms with Crippen molar-refractivity contribution in [1.82, 2.24) is 29.6 Å². The van der Waals surface area contributed by atoms with Gasteiger partial charge in [-0.25, -0.2) is 9.97 Å². The first-order chi connectivity index (χ1) is 15.0. The van der Waals surface area contributed by atoms with Crippen molar-refractivity contribution in [2.24, 2.45) is 0 Å². The number of rotatable bonds is 4. The maximum atomic E-state index is 12.7. The first-order valence-electron chi connectivity index (χ1n) is 10.3. The van der Waals surface area contributed by atoms with Gasteiger partial charge < -0.3 is 14.6 Å². The van der Waals surface area contributed by atoms with Crippen LogP contribution in [0.15, 0.2) is 47.5 Å². The molecule has 9 nitrogen and oxygen atoms in total. The normalized spacial score (nSPS) is 15.4. The molecule has 1 aliphatic rings. The van der Waals surface area contributed by atoms with Gasteiger partial charge in [0, 0.05) is 30.3 Å². The van der Waals surface area contributed by atoms with Crippen molar-refractivity contribution in [3.05, 3.63) is 54.6 Å². The minimum atomic E-state index is -0.235. The molecule has 0 atom stereocenters. The van der Waals surface area contributed by atoms with Crippen molar-refractivity contribution in [2.45, 2.75) is 25.8 Å². The Kier molecular flexibility index (Phi) is 4.95. The molecule has 1 saturated heterocycles. The van der Waals surface area contributed by atoms with Crippen LogP contribution >= 0.6 is 0 Å². The Morgan fingerprint density at radius 2 is 1.94 bits per heavy atom. The van der Waals surface area contributed by atoms with E-state index in [-0.39, 0.29) is 5.91 Å². The van der Waals surface area contributed by atoms with Gasteiger partial charge in [0.1, 0.15) is 5.82 Å². The number of hydrogen-bond acceptors (Lipinski definition) is 7. The molecule has 0 bridgehead atoms. The highest BCUT2D eigenvalue weighted by Gasteiger charge is 2.20. The summed E-state index contributed by atoms with van der Waals surface area (Å²) in [5.74, 6) is 1.47. The van der Waals surface area contributed by atoms with E-state index in [2.05, 4.69) is 37.3 Å². The van der Waals surface area contributed by atoms with Crippen LogP contribution in [0, 0.1) is 6.92 Å². The van der Waals surface area contributed by atoms with Gasteiger partial charge in [0.15, 0.2) is 11.7 Å². The fourth-order valence-corrected chi connectivity index (χ4v) is 3.83. The Bertz CT molecular complexity index is 1240. The zero-order valence-electron chi connectivity index (χ0n) is 17.4. The number of fused-ring (bicyclic) bond motifs is 1. The smallest absolute Gasteiger partial charge is 0.260 e. The molecular formula is C22H23N7O2. The van der Waals surface area contributed by atoms with Gasteiger partial charge in [-0.1, -0.05) is 0 Å². The number of anilines is 1. The molecule has 0 radical (unpaired) electrons. The second-order valence-electron chi connectivity index (χ2n) is 7.93. The van der Waals surface area contributed by atoms with Crippen molar-refractivity contribution < 1.29 is 9.21 Å². The SMILES string of the molecule is Cc1ncc(-c2cnc3cnc(NC(=O)c4cnn(C5CCN(C)CC5)c4)cc3c2)o1. The van der Waals surface area contributed by atoms with Gasteiger partial charge >= 0.3 is 0 Å². The van der Waals surface area contributed by atoms with Gasteiger partial charge in [0.2, 0.25) is 0 Å². The van der Waals surface area contributed by atoms with Gasteiger partial charge in [0.05, 0.1) is 35.7 Å². The van der Waals surface area contributed by atoms with Crippen molar-refractivity contribution in [2.75, 3.05) is 25.5 Å². The van der Waals surface area contributed by atoms with E-state index in [9.17, 15) is 4.79 Å². The van der Waals surface area contributed by atoms with E-state index < -0.39 is 0 Å². The molecule has 0 saturated carbocycles. The van der Waals surface area contributed by atoms with Crippen LogP contribution in [0.25, 0.3) is 22.2 Å². The number of nitrogens with one attached hydrogen (secondary N) is 1. The maximum absolute atomic E-state index is 12.7. The van der Waals surface area contributed by atoms with Crippen LogP contribution in [0.5, 0.6) is 0 Å². The van der Waals surface area contributed by atoms with Gasteiger partial charge in [0.25, 0.3) is 5.91 Å². The van der Waals surface area contributed by atoms with Crippen LogP contribution in [0.1, 0.15) is 35.1 Å². The Balaban J connectivity index is 1.33. The second-order valence-corrected chi connectivity index (χ2v) is 7.93. The molecule has 0 aromatic carbocycles. The fraction of sp³-hybridized carbons (Fsp3) is 0.318. The predicted octanol–water partition coefficient (Wildman–Crippen LogP) is 3.31. The predicted molar refractivity (Wildman–Crippen MR) is 116 cm³/mol. The van der Waals surface area contributed by atoms with Crippen molar-refractivity contribution in [1.29, 1.82) is 0 Å². The number of nitrogens with zero attached hydrogens (tertiary/aromatic N) is 6. The molecule has 5 heterocycles. The summed E-state index contributed by atoms with van der Waals surface area (Å²) in [5, 5.41) is 8.12. The number of pyridine rings is 2. The molecule has 1 aliphatic heterocycles.